The van der Waals surface area contributed by atoms with Crippen LogP contribution in [-0.2, 0) is 16.0 Å². The molecule has 0 spiro atoms. The van der Waals surface area contributed by atoms with Crippen molar-refractivity contribution in [1.29, 1.82) is 0 Å². The van der Waals surface area contributed by atoms with Crippen molar-refractivity contribution in [1.82, 2.24) is 10.2 Å². The van der Waals surface area contributed by atoms with E-state index in [0.717, 1.165) is 38.9 Å². The smallest absolute Gasteiger partial charge is 0.222 e. The average molecular weight is 290 g/mol. The van der Waals surface area contributed by atoms with Crippen LogP contribution in [0.5, 0.6) is 0 Å². The van der Waals surface area contributed by atoms with Gasteiger partial charge in [-0.15, -0.1) is 0 Å². The molecule has 0 aliphatic carbocycles. The molecule has 1 amide bonds. The number of nitrogens with zero attached hydrogens (tertiary/aromatic N) is 1. The summed E-state index contributed by atoms with van der Waals surface area (Å²) in [5.74, 6) is 0.103. The van der Waals surface area contributed by atoms with E-state index in [4.69, 9.17) is 4.74 Å². The molecule has 0 saturated carbocycles. The lowest BCUT2D eigenvalue weighted by Crippen LogP contribution is -2.48. The molecule has 0 unspecified atom stereocenters. The number of rotatable bonds is 7. The molecule has 4 heteroatoms. The average Bonchev–Trinajstić information content (AvgIpc) is 2.52. The maximum absolute atomic E-state index is 11.7. The van der Waals surface area contributed by atoms with Crippen molar-refractivity contribution < 1.29 is 9.53 Å². The summed E-state index contributed by atoms with van der Waals surface area (Å²) in [5.41, 5.74) is 1.38. The maximum Gasteiger partial charge on any atom is 0.222 e. The minimum Gasteiger partial charge on any atom is -0.384 e. The standard InChI is InChI=1S/C17H26N2O2/c1-21-13-10-17(20)18-16-8-5-11-19(14-16)12-9-15-6-3-2-4-7-15/h2-4,6-7,16H,5,8-14H2,1H3,(H,18,20)/t16-/m1/s1. The molecular weight excluding hydrogens is 264 g/mol. The summed E-state index contributed by atoms with van der Waals surface area (Å²) in [7, 11) is 1.62. The molecule has 1 aromatic rings. The number of piperidine rings is 1. The van der Waals surface area contributed by atoms with Crippen LogP contribution in [0.4, 0.5) is 0 Å². The Labute approximate surface area is 127 Å². The van der Waals surface area contributed by atoms with Gasteiger partial charge in [0, 0.05) is 32.7 Å². The summed E-state index contributed by atoms with van der Waals surface area (Å²) in [4.78, 5) is 14.2. The van der Waals surface area contributed by atoms with Crippen LogP contribution in [-0.4, -0.2) is 50.2 Å². The first-order chi connectivity index (χ1) is 10.3. The highest BCUT2D eigenvalue weighted by Crippen LogP contribution is 2.11. The maximum atomic E-state index is 11.7. The number of hydrogen-bond acceptors (Lipinski definition) is 3. The van der Waals surface area contributed by atoms with Gasteiger partial charge < -0.3 is 15.0 Å². The lowest BCUT2D eigenvalue weighted by Gasteiger charge is -2.33. The summed E-state index contributed by atoms with van der Waals surface area (Å²) in [5, 5.41) is 3.12. The van der Waals surface area contributed by atoms with Gasteiger partial charge in [-0.2, -0.15) is 0 Å². The number of carbonyl (C=O) groups excluding carboxylic acids is 1. The molecular formula is C17H26N2O2. The van der Waals surface area contributed by atoms with Gasteiger partial charge in [0.2, 0.25) is 5.91 Å². The fraction of sp³-hybridized carbons (Fsp3) is 0.588. The molecule has 2 rings (SSSR count). The first-order valence-electron chi connectivity index (χ1n) is 7.82. The minimum absolute atomic E-state index is 0.103. The number of hydrogen-bond donors (Lipinski definition) is 1. The van der Waals surface area contributed by atoms with Gasteiger partial charge >= 0.3 is 0 Å². The molecule has 1 N–H and O–H groups in total. The third-order valence-corrected chi connectivity index (χ3v) is 3.96. The van der Waals surface area contributed by atoms with Crippen LogP contribution in [0, 0.1) is 0 Å². The van der Waals surface area contributed by atoms with Gasteiger partial charge in [0.25, 0.3) is 0 Å². The number of amides is 1. The molecule has 0 radical (unpaired) electrons. The Morgan fingerprint density at radius 3 is 2.95 bits per heavy atom. The van der Waals surface area contributed by atoms with Crippen LogP contribution in [0.15, 0.2) is 30.3 Å². The van der Waals surface area contributed by atoms with Crippen molar-refractivity contribution in [2.24, 2.45) is 0 Å². The molecule has 1 fully saturated rings. The molecule has 116 valence electrons. The monoisotopic (exact) mass is 290 g/mol. The molecule has 1 aliphatic rings. The summed E-state index contributed by atoms with van der Waals surface area (Å²) in [6, 6.07) is 10.9. The Morgan fingerprint density at radius 2 is 2.19 bits per heavy atom. The van der Waals surface area contributed by atoms with Crippen LogP contribution < -0.4 is 5.32 Å². The molecule has 21 heavy (non-hydrogen) atoms. The van der Waals surface area contributed by atoms with Crippen LogP contribution >= 0.6 is 0 Å². The lowest BCUT2D eigenvalue weighted by molar-refractivity contribution is -0.123. The van der Waals surface area contributed by atoms with Gasteiger partial charge in [-0.1, -0.05) is 30.3 Å². The first kappa shape index (κ1) is 16.0. The van der Waals surface area contributed by atoms with E-state index in [2.05, 4.69) is 40.5 Å². The fourth-order valence-electron chi connectivity index (χ4n) is 2.80. The highest BCUT2D eigenvalue weighted by atomic mass is 16.5. The Kier molecular flexibility index (Phi) is 6.70. The van der Waals surface area contributed by atoms with Crippen molar-refractivity contribution in [2.75, 3.05) is 33.4 Å². The largest absolute Gasteiger partial charge is 0.384 e. The highest BCUT2D eigenvalue weighted by Gasteiger charge is 2.20. The van der Waals surface area contributed by atoms with Crippen molar-refractivity contribution in [3.05, 3.63) is 35.9 Å². The van der Waals surface area contributed by atoms with Gasteiger partial charge in [0.05, 0.1) is 6.61 Å². The zero-order valence-electron chi connectivity index (χ0n) is 12.9. The van der Waals surface area contributed by atoms with Gasteiger partial charge in [0.1, 0.15) is 0 Å². The van der Waals surface area contributed by atoms with E-state index >= 15 is 0 Å². The van der Waals surface area contributed by atoms with E-state index in [0.29, 0.717) is 19.1 Å². The van der Waals surface area contributed by atoms with Gasteiger partial charge in [-0.25, -0.2) is 0 Å². The molecule has 1 saturated heterocycles. The van der Waals surface area contributed by atoms with E-state index in [1.54, 1.807) is 7.11 Å². The van der Waals surface area contributed by atoms with Crippen molar-refractivity contribution in [2.45, 2.75) is 31.7 Å². The van der Waals surface area contributed by atoms with E-state index in [1.807, 2.05) is 0 Å². The Morgan fingerprint density at radius 1 is 1.38 bits per heavy atom. The van der Waals surface area contributed by atoms with Crippen molar-refractivity contribution in [3.8, 4) is 0 Å². The Balaban J connectivity index is 1.71. The van der Waals surface area contributed by atoms with E-state index < -0.39 is 0 Å². The van der Waals surface area contributed by atoms with Crippen LogP contribution in [0.3, 0.4) is 0 Å². The second-order valence-corrected chi connectivity index (χ2v) is 5.69. The predicted octanol–water partition coefficient (Wildman–Crippen LogP) is 1.85. The topological polar surface area (TPSA) is 41.6 Å². The number of benzene rings is 1. The van der Waals surface area contributed by atoms with E-state index in [9.17, 15) is 4.79 Å². The van der Waals surface area contributed by atoms with Crippen LogP contribution in [0.25, 0.3) is 0 Å². The second kappa shape index (κ2) is 8.80. The third-order valence-electron chi connectivity index (χ3n) is 3.96. The normalized spacial score (nSPS) is 19.4. The minimum atomic E-state index is 0.103. The lowest BCUT2D eigenvalue weighted by atomic mass is 10.0. The van der Waals surface area contributed by atoms with E-state index in [1.165, 1.54) is 5.56 Å². The second-order valence-electron chi connectivity index (χ2n) is 5.69. The molecule has 0 bridgehead atoms. The zero-order valence-corrected chi connectivity index (χ0v) is 12.9. The van der Waals surface area contributed by atoms with Gasteiger partial charge in [-0.3, -0.25) is 4.79 Å². The molecule has 4 nitrogen and oxygen atoms in total. The van der Waals surface area contributed by atoms with Crippen LogP contribution in [0.1, 0.15) is 24.8 Å². The third kappa shape index (κ3) is 5.86. The fourth-order valence-corrected chi connectivity index (χ4v) is 2.80. The SMILES string of the molecule is COCCC(=O)N[C@@H]1CCCN(CCc2ccccc2)C1. The summed E-state index contributed by atoms with van der Waals surface area (Å²) in [6.07, 6.45) is 3.77. The Hall–Kier alpha value is -1.39. The number of nitrogens with one attached hydrogen (secondary N) is 1. The number of likely N-dealkylation sites (tertiary alicyclic amines) is 1. The van der Waals surface area contributed by atoms with Crippen LogP contribution in [0.2, 0.25) is 0 Å². The quantitative estimate of drug-likeness (QED) is 0.833. The molecule has 1 aliphatic heterocycles. The molecule has 1 aromatic carbocycles. The summed E-state index contributed by atoms with van der Waals surface area (Å²) in [6.45, 7) is 3.66. The van der Waals surface area contributed by atoms with Crippen molar-refractivity contribution >= 4 is 5.91 Å². The molecule has 0 aromatic heterocycles. The molecule has 1 heterocycles. The summed E-state index contributed by atoms with van der Waals surface area (Å²) >= 11 is 0. The van der Waals surface area contributed by atoms with E-state index in [-0.39, 0.29) is 5.91 Å². The van der Waals surface area contributed by atoms with Crippen molar-refractivity contribution in [3.63, 3.8) is 0 Å². The number of ether oxygens (including phenoxy) is 1. The zero-order chi connectivity index (χ0) is 14.9. The summed E-state index contributed by atoms with van der Waals surface area (Å²) < 4.78 is 4.94. The highest BCUT2D eigenvalue weighted by molar-refractivity contribution is 5.76. The molecule has 1 atom stereocenters. The van der Waals surface area contributed by atoms with Gasteiger partial charge in [0.15, 0.2) is 0 Å². The van der Waals surface area contributed by atoms with Gasteiger partial charge in [-0.05, 0) is 31.4 Å². The predicted molar refractivity (Wildman–Crippen MR) is 84.2 cm³/mol. The number of carbonyl (C=O) groups is 1. The first-order valence-corrected chi connectivity index (χ1v) is 7.82. The number of methoxy groups -OCH3 is 1. The Bertz CT molecular complexity index is 422.